The van der Waals surface area contributed by atoms with Crippen molar-refractivity contribution in [2.75, 3.05) is 7.11 Å². The zero-order valence-corrected chi connectivity index (χ0v) is 12.5. The molecule has 0 amide bonds. The van der Waals surface area contributed by atoms with E-state index in [2.05, 4.69) is 4.74 Å². The first kappa shape index (κ1) is 16.8. The largest absolute Gasteiger partial charge is 0.507 e. The molecule has 0 bridgehead atoms. The summed E-state index contributed by atoms with van der Waals surface area (Å²) in [4.78, 5) is 11.2. The topological polar surface area (TPSA) is 96.2 Å². The molecule has 6 nitrogen and oxygen atoms in total. The average Bonchev–Trinajstić information content (AvgIpc) is 2.59. The second-order valence-electron chi connectivity index (χ2n) is 4.91. The number of methoxy groups -OCH3 is 1. The lowest BCUT2D eigenvalue weighted by molar-refractivity contribution is -0.156. The number of esters is 1. The van der Waals surface area contributed by atoms with Crippen LogP contribution in [0.1, 0.15) is 17.2 Å². The fourth-order valence-electron chi connectivity index (χ4n) is 2.02. The predicted molar refractivity (Wildman–Crippen MR) is 81.9 cm³/mol. The number of hydrogen-bond acceptors (Lipinski definition) is 6. The van der Waals surface area contributed by atoms with Crippen LogP contribution in [0.15, 0.2) is 48.5 Å². The Morgan fingerprint density at radius 2 is 1.83 bits per heavy atom. The van der Waals surface area contributed by atoms with Gasteiger partial charge in [-0.2, -0.15) is 0 Å². The number of hydrogen-bond donors (Lipinski definition) is 3. The van der Waals surface area contributed by atoms with Crippen molar-refractivity contribution in [3.63, 3.8) is 0 Å². The number of aliphatic hydroxyl groups excluding tert-OH is 2. The summed E-state index contributed by atoms with van der Waals surface area (Å²) in [6, 6.07) is 13.7. The van der Waals surface area contributed by atoms with Crippen molar-refractivity contribution in [3.05, 3.63) is 59.7 Å². The SMILES string of the molecule is COC(=O)C(O)C(O)c1ccc(OCc2ccccc2)cc1O. The molecule has 0 aliphatic heterocycles. The summed E-state index contributed by atoms with van der Waals surface area (Å²) >= 11 is 0. The van der Waals surface area contributed by atoms with E-state index in [9.17, 15) is 20.1 Å². The van der Waals surface area contributed by atoms with Gasteiger partial charge in [-0.3, -0.25) is 0 Å². The van der Waals surface area contributed by atoms with Crippen molar-refractivity contribution in [2.45, 2.75) is 18.8 Å². The van der Waals surface area contributed by atoms with Crippen molar-refractivity contribution in [2.24, 2.45) is 0 Å². The molecule has 0 fully saturated rings. The third-order valence-electron chi connectivity index (χ3n) is 3.31. The quantitative estimate of drug-likeness (QED) is 0.699. The van der Waals surface area contributed by atoms with Crippen LogP contribution in [0.5, 0.6) is 11.5 Å². The molecule has 0 heterocycles. The summed E-state index contributed by atoms with van der Waals surface area (Å²) in [5.41, 5.74) is 0.979. The first-order valence-electron chi connectivity index (χ1n) is 6.96. The van der Waals surface area contributed by atoms with Crippen LogP contribution in [0.4, 0.5) is 0 Å². The van der Waals surface area contributed by atoms with Crippen molar-refractivity contribution in [1.29, 1.82) is 0 Å². The first-order chi connectivity index (χ1) is 11.0. The van der Waals surface area contributed by atoms with Crippen molar-refractivity contribution in [1.82, 2.24) is 0 Å². The second kappa shape index (κ2) is 7.62. The lowest BCUT2D eigenvalue weighted by Crippen LogP contribution is -2.29. The van der Waals surface area contributed by atoms with Gasteiger partial charge in [0.1, 0.15) is 24.2 Å². The molecular formula is C17H18O6. The number of phenols is 1. The van der Waals surface area contributed by atoms with Gasteiger partial charge in [0, 0.05) is 11.6 Å². The van der Waals surface area contributed by atoms with Gasteiger partial charge >= 0.3 is 5.97 Å². The molecule has 2 unspecified atom stereocenters. The summed E-state index contributed by atoms with van der Waals surface area (Å²) in [7, 11) is 1.10. The average molecular weight is 318 g/mol. The summed E-state index contributed by atoms with van der Waals surface area (Å²) in [6.07, 6.45) is -3.37. The molecule has 2 aromatic rings. The minimum Gasteiger partial charge on any atom is -0.507 e. The Morgan fingerprint density at radius 3 is 2.43 bits per heavy atom. The number of carbonyl (C=O) groups is 1. The standard InChI is InChI=1S/C17H18O6/c1-22-17(21)16(20)15(19)13-8-7-12(9-14(13)18)23-10-11-5-3-2-4-6-11/h2-9,15-16,18-20H,10H2,1H3. The van der Waals surface area contributed by atoms with Gasteiger partial charge in [0.15, 0.2) is 6.10 Å². The van der Waals surface area contributed by atoms with Crippen LogP contribution in [-0.4, -0.2) is 34.5 Å². The van der Waals surface area contributed by atoms with E-state index >= 15 is 0 Å². The van der Waals surface area contributed by atoms with Crippen LogP contribution in [0.25, 0.3) is 0 Å². The van der Waals surface area contributed by atoms with Crippen LogP contribution in [-0.2, 0) is 16.1 Å². The number of benzene rings is 2. The lowest BCUT2D eigenvalue weighted by atomic mass is 10.0. The molecule has 23 heavy (non-hydrogen) atoms. The number of rotatable bonds is 6. The fourth-order valence-corrected chi connectivity index (χ4v) is 2.02. The highest BCUT2D eigenvalue weighted by Gasteiger charge is 2.28. The third-order valence-corrected chi connectivity index (χ3v) is 3.31. The molecular weight excluding hydrogens is 300 g/mol. The highest BCUT2D eigenvalue weighted by molar-refractivity contribution is 5.75. The van der Waals surface area contributed by atoms with Gasteiger partial charge in [-0.25, -0.2) is 4.79 Å². The van der Waals surface area contributed by atoms with Gasteiger partial charge < -0.3 is 24.8 Å². The molecule has 0 aliphatic carbocycles. The zero-order valence-electron chi connectivity index (χ0n) is 12.5. The third kappa shape index (κ3) is 4.21. The van der Waals surface area contributed by atoms with Gasteiger partial charge in [-0.15, -0.1) is 0 Å². The highest BCUT2D eigenvalue weighted by Crippen LogP contribution is 2.30. The maximum absolute atomic E-state index is 11.2. The van der Waals surface area contributed by atoms with Gasteiger partial charge in [0.25, 0.3) is 0 Å². The van der Waals surface area contributed by atoms with E-state index in [1.54, 1.807) is 0 Å². The first-order valence-corrected chi connectivity index (χ1v) is 6.96. The normalized spacial score (nSPS) is 13.2. The molecule has 0 saturated carbocycles. The molecule has 2 rings (SSSR count). The Bertz CT molecular complexity index is 655. The van der Waals surface area contributed by atoms with Gasteiger partial charge in [0.05, 0.1) is 7.11 Å². The molecule has 0 aliphatic rings. The van der Waals surface area contributed by atoms with E-state index in [1.807, 2.05) is 30.3 Å². The molecule has 0 radical (unpaired) electrons. The number of phenolic OH excluding ortho intramolecular Hbond substituents is 1. The molecule has 3 N–H and O–H groups in total. The molecule has 2 aromatic carbocycles. The van der Waals surface area contributed by atoms with Crippen LogP contribution < -0.4 is 4.74 Å². The van der Waals surface area contributed by atoms with E-state index in [1.165, 1.54) is 18.2 Å². The molecule has 0 spiro atoms. The summed E-state index contributed by atoms with van der Waals surface area (Å²) in [5, 5.41) is 29.5. The van der Waals surface area contributed by atoms with Gasteiger partial charge in [0.2, 0.25) is 0 Å². The minimum atomic E-state index is -1.78. The summed E-state index contributed by atoms with van der Waals surface area (Å²) < 4.78 is 9.89. The lowest BCUT2D eigenvalue weighted by Gasteiger charge is -2.17. The Hall–Kier alpha value is -2.57. The van der Waals surface area contributed by atoms with E-state index in [0.717, 1.165) is 12.7 Å². The van der Waals surface area contributed by atoms with E-state index < -0.39 is 18.2 Å². The predicted octanol–water partition coefficient (Wildman–Crippen LogP) is 1.54. The Kier molecular flexibility index (Phi) is 5.56. The maximum Gasteiger partial charge on any atom is 0.337 e. The van der Waals surface area contributed by atoms with Crippen molar-refractivity contribution in [3.8, 4) is 11.5 Å². The van der Waals surface area contributed by atoms with Crippen molar-refractivity contribution >= 4 is 5.97 Å². The van der Waals surface area contributed by atoms with Crippen LogP contribution in [0.2, 0.25) is 0 Å². The Morgan fingerprint density at radius 1 is 1.13 bits per heavy atom. The number of carbonyl (C=O) groups excluding carboxylic acids is 1. The minimum absolute atomic E-state index is 0.00922. The molecule has 122 valence electrons. The Balaban J connectivity index is 2.07. The Labute approximate surface area is 133 Å². The van der Waals surface area contributed by atoms with Crippen LogP contribution >= 0.6 is 0 Å². The molecule has 2 atom stereocenters. The number of aromatic hydroxyl groups is 1. The summed E-state index contributed by atoms with van der Waals surface area (Å²) in [6.45, 7) is 0.326. The second-order valence-corrected chi connectivity index (χ2v) is 4.91. The van der Waals surface area contributed by atoms with Crippen LogP contribution in [0.3, 0.4) is 0 Å². The smallest absolute Gasteiger partial charge is 0.337 e. The fraction of sp³-hybridized carbons (Fsp3) is 0.235. The molecule has 0 aromatic heterocycles. The zero-order chi connectivity index (χ0) is 16.8. The highest BCUT2D eigenvalue weighted by atomic mass is 16.5. The van der Waals surface area contributed by atoms with E-state index in [4.69, 9.17) is 4.74 Å². The molecule has 0 saturated heterocycles. The van der Waals surface area contributed by atoms with E-state index in [0.29, 0.717) is 12.4 Å². The van der Waals surface area contributed by atoms with Gasteiger partial charge in [-0.05, 0) is 17.7 Å². The van der Waals surface area contributed by atoms with E-state index in [-0.39, 0.29) is 11.3 Å². The number of aliphatic hydroxyl groups is 2. The monoisotopic (exact) mass is 318 g/mol. The summed E-state index contributed by atoms with van der Waals surface area (Å²) in [5.74, 6) is -0.873. The van der Waals surface area contributed by atoms with Gasteiger partial charge in [-0.1, -0.05) is 30.3 Å². The van der Waals surface area contributed by atoms with Crippen molar-refractivity contribution < 1.29 is 29.6 Å². The number of ether oxygens (including phenoxy) is 2. The maximum atomic E-state index is 11.2. The van der Waals surface area contributed by atoms with Crippen LogP contribution in [0, 0.1) is 0 Å². The molecule has 6 heteroatoms.